The van der Waals surface area contributed by atoms with Gasteiger partial charge in [0.2, 0.25) is 11.8 Å². The summed E-state index contributed by atoms with van der Waals surface area (Å²) in [5, 5.41) is 5.78. The number of carbonyl (C=O) groups excluding carboxylic acids is 2. The summed E-state index contributed by atoms with van der Waals surface area (Å²) < 4.78 is 0. The third-order valence-electron chi connectivity index (χ3n) is 3.57. The maximum absolute atomic E-state index is 11.7. The topological polar surface area (TPSA) is 84.2 Å². The van der Waals surface area contributed by atoms with Crippen LogP contribution in [0.15, 0.2) is 24.3 Å². The van der Waals surface area contributed by atoms with Crippen molar-refractivity contribution in [2.75, 3.05) is 11.9 Å². The lowest BCUT2D eigenvalue weighted by Gasteiger charge is -2.10. The van der Waals surface area contributed by atoms with Gasteiger partial charge >= 0.3 is 0 Å². The number of anilines is 1. The molecular weight excluding hydrogens is 266 g/mol. The molecule has 0 spiro atoms. The molecule has 4 N–H and O–H groups in total. The minimum atomic E-state index is 0.000342. The predicted molar refractivity (Wildman–Crippen MR) is 82.5 cm³/mol. The zero-order valence-corrected chi connectivity index (χ0v) is 12.4. The van der Waals surface area contributed by atoms with Crippen molar-refractivity contribution >= 4 is 17.5 Å². The number of amides is 2. The predicted octanol–water partition coefficient (Wildman–Crippen LogP) is 1.64. The van der Waals surface area contributed by atoms with Gasteiger partial charge in [0.05, 0.1) is 0 Å². The Morgan fingerprint density at radius 2 is 2.14 bits per heavy atom. The van der Waals surface area contributed by atoms with Gasteiger partial charge in [-0.1, -0.05) is 19.1 Å². The molecule has 0 bridgehead atoms. The Hall–Kier alpha value is -1.88. The van der Waals surface area contributed by atoms with E-state index in [4.69, 9.17) is 5.73 Å². The van der Waals surface area contributed by atoms with Gasteiger partial charge in [-0.25, -0.2) is 0 Å². The molecular formula is C16H23N3O2. The number of carbonyl (C=O) groups is 2. The normalized spacial score (nSPS) is 15.3. The second-order valence-electron chi connectivity index (χ2n) is 5.79. The summed E-state index contributed by atoms with van der Waals surface area (Å²) in [6, 6.07) is 7.57. The van der Waals surface area contributed by atoms with E-state index < -0.39 is 0 Å². The molecule has 5 heteroatoms. The van der Waals surface area contributed by atoms with Gasteiger partial charge in [-0.15, -0.1) is 0 Å². The second-order valence-corrected chi connectivity index (χ2v) is 5.79. The van der Waals surface area contributed by atoms with Crippen LogP contribution in [0.1, 0.15) is 31.7 Å². The highest BCUT2D eigenvalue weighted by atomic mass is 16.2. The molecule has 114 valence electrons. The van der Waals surface area contributed by atoms with E-state index in [1.807, 2.05) is 31.2 Å². The number of rotatable bonds is 7. The van der Waals surface area contributed by atoms with Crippen molar-refractivity contribution < 1.29 is 9.59 Å². The van der Waals surface area contributed by atoms with Crippen molar-refractivity contribution in [2.45, 2.75) is 32.7 Å². The molecule has 1 aliphatic rings. The van der Waals surface area contributed by atoms with E-state index in [1.54, 1.807) is 0 Å². The minimum Gasteiger partial charge on any atom is -0.352 e. The molecule has 1 unspecified atom stereocenters. The molecule has 0 saturated heterocycles. The van der Waals surface area contributed by atoms with Crippen molar-refractivity contribution in [2.24, 2.45) is 17.6 Å². The number of nitrogens with two attached hydrogens (primary N) is 1. The molecule has 1 atom stereocenters. The maximum Gasteiger partial charge on any atom is 0.227 e. The van der Waals surface area contributed by atoms with Crippen LogP contribution in [0.25, 0.3) is 0 Å². The Morgan fingerprint density at radius 1 is 1.38 bits per heavy atom. The first-order chi connectivity index (χ1) is 10.1. The summed E-state index contributed by atoms with van der Waals surface area (Å²) in [6.07, 6.45) is 2.41. The zero-order valence-electron chi connectivity index (χ0n) is 12.4. The first kappa shape index (κ1) is 15.5. The molecule has 0 aromatic heterocycles. The summed E-state index contributed by atoms with van der Waals surface area (Å²) in [4.78, 5) is 23.4. The number of nitrogens with one attached hydrogen (secondary N) is 2. The summed E-state index contributed by atoms with van der Waals surface area (Å²) in [5.74, 6) is 0.466. The Morgan fingerprint density at radius 3 is 2.81 bits per heavy atom. The lowest BCUT2D eigenvalue weighted by atomic mass is 10.1. The van der Waals surface area contributed by atoms with Crippen molar-refractivity contribution in [3.8, 4) is 0 Å². The standard InChI is InChI=1S/C16H23N3O2/c1-11(9-17)7-15(20)18-10-12-3-2-4-14(8-12)19-16(21)13-5-6-13/h2-4,8,11,13H,5-7,9-10,17H2,1H3,(H,18,20)(H,19,21). The number of hydrogen-bond donors (Lipinski definition) is 3. The molecule has 1 aromatic rings. The smallest absolute Gasteiger partial charge is 0.227 e. The van der Waals surface area contributed by atoms with E-state index in [0.29, 0.717) is 19.5 Å². The molecule has 0 heterocycles. The van der Waals surface area contributed by atoms with Crippen molar-refractivity contribution in [1.29, 1.82) is 0 Å². The van der Waals surface area contributed by atoms with Crippen LogP contribution in [0.3, 0.4) is 0 Å². The zero-order chi connectivity index (χ0) is 15.2. The average Bonchev–Trinajstić information content (AvgIpc) is 3.30. The molecule has 1 aliphatic carbocycles. The third kappa shape index (κ3) is 5.19. The van der Waals surface area contributed by atoms with Gasteiger partial charge in [-0.3, -0.25) is 9.59 Å². The SMILES string of the molecule is CC(CN)CC(=O)NCc1cccc(NC(=O)C2CC2)c1. The fourth-order valence-corrected chi connectivity index (χ4v) is 2.02. The van der Waals surface area contributed by atoms with Gasteiger partial charge in [0.15, 0.2) is 0 Å². The van der Waals surface area contributed by atoms with Crippen LogP contribution in [0.2, 0.25) is 0 Å². The fourth-order valence-electron chi connectivity index (χ4n) is 2.02. The van der Waals surface area contributed by atoms with Gasteiger partial charge in [-0.05, 0) is 43.0 Å². The van der Waals surface area contributed by atoms with E-state index in [9.17, 15) is 9.59 Å². The van der Waals surface area contributed by atoms with Crippen LogP contribution in [-0.2, 0) is 16.1 Å². The molecule has 21 heavy (non-hydrogen) atoms. The van der Waals surface area contributed by atoms with Crippen LogP contribution in [0, 0.1) is 11.8 Å². The summed E-state index contributed by atoms with van der Waals surface area (Å²) in [6.45, 7) is 2.92. The highest BCUT2D eigenvalue weighted by Crippen LogP contribution is 2.30. The lowest BCUT2D eigenvalue weighted by Crippen LogP contribution is -2.26. The molecule has 0 aliphatic heterocycles. The molecule has 2 amide bonds. The molecule has 1 aromatic carbocycles. The van der Waals surface area contributed by atoms with Crippen LogP contribution in [0.4, 0.5) is 5.69 Å². The summed E-state index contributed by atoms with van der Waals surface area (Å²) >= 11 is 0. The van der Waals surface area contributed by atoms with Crippen LogP contribution < -0.4 is 16.4 Å². The van der Waals surface area contributed by atoms with E-state index in [2.05, 4.69) is 10.6 Å². The van der Waals surface area contributed by atoms with Crippen molar-refractivity contribution in [3.63, 3.8) is 0 Å². The van der Waals surface area contributed by atoms with Crippen molar-refractivity contribution in [3.05, 3.63) is 29.8 Å². The van der Waals surface area contributed by atoms with Crippen LogP contribution in [-0.4, -0.2) is 18.4 Å². The minimum absolute atomic E-state index is 0.000342. The average molecular weight is 289 g/mol. The maximum atomic E-state index is 11.7. The van der Waals surface area contributed by atoms with Gasteiger partial charge < -0.3 is 16.4 Å². The van der Waals surface area contributed by atoms with Gasteiger partial charge in [-0.2, -0.15) is 0 Å². The second kappa shape index (κ2) is 7.22. The Kier molecular flexibility index (Phi) is 5.33. The first-order valence-corrected chi connectivity index (χ1v) is 7.45. The fraction of sp³-hybridized carbons (Fsp3) is 0.500. The summed E-state index contributed by atoms with van der Waals surface area (Å²) in [7, 11) is 0. The number of hydrogen-bond acceptors (Lipinski definition) is 3. The Labute approximate surface area is 125 Å². The Balaban J connectivity index is 1.82. The monoisotopic (exact) mass is 289 g/mol. The Bertz CT molecular complexity index is 512. The van der Waals surface area contributed by atoms with Gasteiger partial charge in [0.25, 0.3) is 0 Å². The highest BCUT2D eigenvalue weighted by Gasteiger charge is 2.29. The molecule has 1 fully saturated rings. The molecule has 5 nitrogen and oxygen atoms in total. The first-order valence-electron chi connectivity index (χ1n) is 7.45. The number of benzene rings is 1. The molecule has 2 rings (SSSR count). The third-order valence-corrected chi connectivity index (χ3v) is 3.57. The van der Waals surface area contributed by atoms with E-state index in [0.717, 1.165) is 24.1 Å². The van der Waals surface area contributed by atoms with E-state index in [1.165, 1.54) is 0 Å². The van der Waals surface area contributed by atoms with Gasteiger partial charge in [0.1, 0.15) is 0 Å². The van der Waals surface area contributed by atoms with E-state index >= 15 is 0 Å². The lowest BCUT2D eigenvalue weighted by molar-refractivity contribution is -0.122. The molecule has 0 radical (unpaired) electrons. The molecule has 1 saturated carbocycles. The van der Waals surface area contributed by atoms with Crippen molar-refractivity contribution in [1.82, 2.24) is 5.32 Å². The van der Waals surface area contributed by atoms with Crippen LogP contribution >= 0.6 is 0 Å². The van der Waals surface area contributed by atoms with Gasteiger partial charge in [0, 0.05) is 24.6 Å². The van der Waals surface area contributed by atoms with Crippen LogP contribution in [0.5, 0.6) is 0 Å². The largest absolute Gasteiger partial charge is 0.352 e. The summed E-state index contributed by atoms with van der Waals surface area (Å²) in [5.41, 5.74) is 7.26. The van der Waals surface area contributed by atoms with E-state index in [-0.39, 0.29) is 23.7 Å². The quantitative estimate of drug-likeness (QED) is 0.713. The highest BCUT2D eigenvalue weighted by molar-refractivity contribution is 5.94.